The highest BCUT2D eigenvalue weighted by Gasteiger charge is 2.07. The monoisotopic (exact) mass is 283 g/mol. The smallest absolute Gasteiger partial charge is 0.0369 e. The second kappa shape index (κ2) is 7.02. The highest BCUT2D eigenvalue weighted by atomic mass is 15.2. The predicted molar refractivity (Wildman–Crippen MR) is 93.2 cm³/mol. The van der Waals surface area contributed by atoms with Gasteiger partial charge in [0, 0.05) is 43.7 Å². The van der Waals surface area contributed by atoms with Gasteiger partial charge in [-0.3, -0.25) is 0 Å². The maximum Gasteiger partial charge on any atom is 0.0369 e. The average Bonchev–Trinajstić information content (AvgIpc) is 2.48. The molecule has 3 heteroatoms. The fraction of sp³-hybridized carbons (Fsp3) is 0.333. The van der Waals surface area contributed by atoms with Crippen molar-refractivity contribution in [2.24, 2.45) is 0 Å². The van der Waals surface area contributed by atoms with Crippen LogP contribution < -0.4 is 15.5 Å². The first kappa shape index (κ1) is 15.2. The van der Waals surface area contributed by atoms with Gasteiger partial charge in [0.2, 0.25) is 0 Å². The number of nitrogen functional groups attached to an aromatic ring is 1. The van der Waals surface area contributed by atoms with E-state index in [1.165, 1.54) is 16.9 Å². The molecule has 2 aromatic carbocycles. The van der Waals surface area contributed by atoms with Crippen LogP contribution in [-0.2, 0) is 0 Å². The summed E-state index contributed by atoms with van der Waals surface area (Å²) >= 11 is 0. The van der Waals surface area contributed by atoms with Gasteiger partial charge in [-0.2, -0.15) is 0 Å². The third kappa shape index (κ3) is 4.15. The maximum absolute atomic E-state index is 5.73. The van der Waals surface area contributed by atoms with Gasteiger partial charge in [0.1, 0.15) is 0 Å². The van der Waals surface area contributed by atoms with E-state index >= 15 is 0 Å². The fourth-order valence-corrected chi connectivity index (χ4v) is 2.42. The number of benzene rings is 2. The molecule has 0 amide bonds. The zero-order valence-corrected chi connectivity index (χ0v) is 13.2. The topological polar surface area (TPSA) is 32.5 Å². The molecule has 0 bridgehead atoms. The van der Waals surface area contributed by atoms with Crippen molar-refractivity contribution in [3.05, 3.63) is 54.1 Å². The second-order valence-corrected chi connectivity index (χ2v) is 5.43. The Bertz CT molecular complexity index is 563. The molecule has 0 atom stereocenters. The molecule has 0 heterocycles. The van der Waals surface area contributed by atoms with Gasteiger partial charge in [0.25, 0.3) is 0 Å². The maximum atomic E-state index is 5.73. The molecule has 0 aliphatic heterocycles. The van der Waals surface area contributed by atoms with E-state index in [0.717, 1.165) is 25.3 Å². The molecule has 112 valence electrons. The van der Waals surface area contributed by atoms with Crippen molar-refractivity contribution in [3.8, 4) is 0 Å². The van der Waals surface area contributed by atoms with Gasteiger partial charge in [-0.15, -0.1) is 0 Å². The molecular formula is C18H25N3. The van der Waals surface area contributed by atoms with Crippen LogP contribution >= 0.6 is 0 Å². The zero-order valence-electron chi connectivity index (χ0n) is 13.2. The fourth-order valence-electron chi connectivity index (χ4n) is 2.42. The number of nitrogens with two attached hydrogens (primary N) is 1. The van der Waals surface area contributed by atoms with Crippen LogP contribution in [-0.4, -0.2) is 26.7 Å². The lowest BCUT2D eigenvalue weighted by atomic mass is 10.2. The van der Waals surface area contributed by atoms with Crippen LogP contribution in [0, 0.1) is 6.92 Å². The minimum absolute atomic E-state index is 0.807. The van der Waals surface area contributed by atoms with Gasteiger partial charge in [-0.25, -0.2) is 0 Å². The van der Waals surface area contributed by atoms with Crippen LogP contribution in [0.15, 0.2) is 48.5 Å². The molecule has 2 rings (SSSR count). The molecule has 0 unspecified atom stereocenters. The van der Waals surface area contributed by atoms with Crippen LogP contribution in [0.2, 0.25) is 0 Å². The number of rotatable bonds is 6. The average molecular weight is 283 g/mol. The highest BCUT2D eigenvalue weighted by molar-refractivity contribution is 5.53. The van der Waals surface area contributed by atoms with Gasteiger partial charge in [0.05, 0.1) is 0 Å². The Kier molecular flexibility index (Phi) is 5.09. The lowest BCUT2D eigenvalue weighted by molar-refractivity contribution is 0.785. The van der Waals surface area contributed by atoms with Crippen molar-refractivity contribution in [2.45, 2.75) is 13.8 Å². The van der Waals surface area contributed by atoms with E-state index in [1.807, 2.05) is 12.1 Å². The Balaban J connectivity index is 1.98. The minimum atomic E-state index is 0.807. The van der Waals surface area contributed by atoms with Gasteiger partial charge >= 0.3 is 0 Å². The molecule has 2 aromatic rings. The summed E-state index contributed by atoms with van der Waals surface area (Å²) in [6, 6.07) is 16.7. The van der Waals surface area contributed by atoms with Crippen molar-refractivity contribution in [1.29, 1.82) is 0 Å². The molecule has 0 saturated heterocycles. The van der Waals surface area contributed by atoms with Gasteiger partial charge in [0.15, 0.2) is 0 Å². The summed E-state index contributed by atoms with van der Waals surface area (Å²) in [7, 11) is 2.12. The van der Waals surface area contributed by atoms with Crippen molar-refractivity contribution in [1.82, 2.24) is 0 Å². The number of anilines is 3. The number of hydrogen-bond donors (Lipinski definition) is 1. The summed E-state index contributed by atoms with van der Waals surface area (Å²) in [5.74, 6) is 0. The van der Waals surface area contributed by atoms with Crippen LogP contribution in [0.1, 0.15) is 12.5 Å². The van der Waals surface area contributed by atoms with Crippen LogP contribution in [0.3, 0.4) is 0 Å². The Hall–Kier alpha value is -2.16. The zero-order chi connectivity index (χ0) is 15.2. The van der Waals surface area contributed by atoms with Crippen molar-refractivity contribution in [2.75, 3.05) is 42.2 Å². The number of hydrogen-bond acceptors (Lipinski definition) is 3. The van der Waals surface area contributed by atoms with Crippen LogP contribution in [0.4, 0.5) is 17.1 Å². The largest absolute Gasteiger partial charge is 0.399 e. The standard InChI is InChI=1S/C18H25N3/c1-4-21(18-7-5-6-15(2)14-18)13-12-20(3)17-10-8-16(19)9-11-17/h5-11,14H,4,12-13,19H2,1-3H3. The van der Waals surface area contributed by atoms with Crippen molar-refractivity contribution < 1.29 is 0 Å². The Morgan fingerprint density at radius 2 is 1.67 bits per heavy atom. The molecule has 0 aliphatic rings. The van der Waals surface area contributed by atoms with Gasteiger partial charge < -0.3 is 15.5 Å². The molecule has 0 aromatic heterocycles. The summed E-state index contributed by atoms with van der Waals surface area (Å²) in [6.45, 7) is 7.33. The SMILES string of the molecule is CCN(CCN(C)c1ccc(N)cc1)c1cccc(C)c1. The van der Waals surface area contributed by atoms with E-state index < -0.39 is 0 Å². The summed E-state index contributed by atoms with van der Waals surface area (Å²) in [6.07, 6.45) is 0. The summed E-state index contributed by atoms with van der Waals surface area (Å²) < 4.78 is 0. The Labute approximate surface area is 128 Å². The predicted octanol–water partition coefficient (Wildman–Crippen LogP) is 3.54. The first-order chi connectivity index (χ1) is 10.1. The van der Waals surface area contributed by atoms with Gasteiger partial charge in [-0.05, 0) is 55.8 Å². The van der Waals surface area contributed by atoms with Gasteiger partial charge in [-0.1, -0.05) is 12.1 Å². The molecule has 3 nitrogen and oxygen atoms in total. The molecule has 0 spiro atoms. The lowest BCUT2D eigenvalue weighted by Crippen LogP contribution is -2.33. The number of likely N-dealkylation sites (N-methyl/N-ethyl adjacent to an activating group) is 2. The van der Waals surface area contributed by atoms with Crippen molar-refractivity contribution >= 4 is 17.1 Å². The number of nitrogens with zero attached hydrogens (tertiary/aromatic N) is 2. The third-order valence-electron chi connectivity index (χ3n) is 3.79. The first-order valence-electron chi connectivity index (χ1n) is 7.48. The van der Waals surface area contributed by atoms with E-state index in [9.17, 15) is 0 Å². The summed E-state index contributed by atoms with van der Waals surface area (Å²) in [4.78, 5) is 4.67. The van der Waals surface area contributed by atoms with E-state index in [2.05, 4.69) is 67.1 Å². The minimum Gasteiger partial charge on any atom is -0.399 e. The third-order valence-corrected chi connectivity index (χ3v) is 3.79. The first-order valence-corrected chi connectivity index (χ1v) is 7.48. The summed E-state index contributed by atoms with van der Waals surface area (Å²) in [5, 5.41) is 0. The molecule has 21 heavy (non-hydrogen) atoms. The Morgan fingerprint density at radius 3 is 2.29 bits per heavy atom. The Morgan fingerprint density at radius 1 is 0.952 bits per heavy atom. The number of aryl methyl sites for hydroxylation is 1. The highest BCUT2D eigenvalue weighted by Crippen LogP contribution is 2.17. The lowest BCUT2D eigenvalue weighted by Gasteiger charge is -2.27. The second-order valence-electron chi connectivity index (χ2n) is 5.43. The van der Waals surface area contributed by atoms with Crippen LogP contribution in [0.25, 0.3) is 0 Å². The summed E-state index contributed by atoms with van der Waals surface area (Å²) in [5.41, 5.74) is 10.3. The molecule has 0 fully saturated rings. The van der Waals surface area contributed by atoms with E-state index in [0.29, 0.717) is 0 Å². The molecule has 2 N–H and O–H groups in total. The van der Waals surface area contributed by atoms with Crippen LogP contribution in [0.5, 0.6) is 0 Å². The molecule has 0 aliphatic carbocycles. The molecular weight excluding hydrogens is 258 g/mol. The molecule has 0 radical (unpaired) electrons. The van der Waals surface area contributed by atoms with E-state index in [-0.39, 0.29) is 0 Å². The molecule has 0 saturated carbocycles. The van der Waals surface area contributed by atoms with E-state index in [1.54, 1.807) is 0 Å². The van der Waals surface area contributed by atoms with Crippen molar-refractivity contribution in [3.63, 3.8) is 0 Å². The van der Waals surface area contributed by atoms with E-state index in [4.69, 9.17) is 5.73 Å². The quantitative estimate of drug-likeness (QED) is 0.823. The normalized spacial score (nSPS) is 10.4.